The monoisotopic (exact) mass is 437 g/mol. The number of hydrogen-bond donors (Lipinski definition) is 1. The van der Waals surface area contributed by atoms with Crippen molar-refractivity contribution < 1.29 is 8.42 Å². The molecular formula is C21H19N5O2S2. The summed E-state index contributed by atoms with van der Waals surface area (Å²) in [7, 11) is -3.64. The quantitative estimate of drug-likeness (QED) is 0.518. The van der Waals surface area contributed by atoms with Crippen LogP contribution in [-0.2, 0) is 15.6 Å². The van der Waals surface area contributed by atoms with E-state index in [0.717, 1.165) is 23.1 Å². The van der Waals surface area contributed by atoms with E-state index >= 15 is 0 Å². The predicted octanol–water partition coefficient (Wildman–Crippen LogP) is 3.59. The van der Waals surface area contributed by atoms with Crippen molar-refractivity contribution in [2.75, 3.05) is 18.4 Å². The summed E-state index contributed by atoms with van der Waals surface area (Å²) in [6, 6.07) is 17.6. The van der Waals surface area contributed by atoms with Crippen LogP contribution in [0.2, 0.25) is 0 Å². The Balaban J connectivity index is 1.34. The van der Waals surface area contributed by atoms with Crippen LogP contribution in [0.4, 0.5) is 5.69 Å². The lowest BCUT2D eigenvalue weighted by Gasteiger charge is -2.45. The first-order chi connectivity index (χ1) is 14.6. The van der Waals surface area contributed by atoms with Crippen molar-refractivity contribution in [3.63, 3.8) is 0 Å². The third-order valence-corrected chi connectivity index (χ3v) is 8.69. The molecule has 152 valence electrons. The summed E-state index contributed by atoms with van der Waals surface area (Å²) < 4.78 is 39.0. The number of anilines is 1. The molecule has 0 amide bonds. The van der Waals surface area contributed by atoms with E-state index in [-0.39, 0.29) is 10.4 Å². The van der Waals surface area contributed by atoms with Gasteiger partial charge in [0.1, 0.15) is 15.9 Å². The molecule has 4 aromatic rings. The van der Waals surface area contributed by atoms with Crippen molar-refractivity contribution in [1.29, 1.82) is 0 Å². The average Bonchev–Trinajstić information content (AvgIpc) is 3.44. The summed E-state index contributed by atoms with van der Waals surface area (Å²) >= 11 is 1.04. The topological polar surface area (TPSA) is 80.1 Å². The van der Waals surface area contributed by atoms with E-state index in [9.17, 15) is 8.42 Å². The number of nitrogens with zero attached hydrogens (tertiary/aromatic N) is 4. The molecule has 0 unspecified atom stereocenters. The van der Waals surface area contributed by atoms with E-state index in [1.54, 1.807) is 22.5 Å². The van der Waals surface area contributed by atoms with Gasteiger partial charge in [0.2, 0.25) is 10.0 Å². The van der Waals surface area contributed by atoms with Crippen LogP contribution >= 0.6 is 11.7 Å². The number of sulfonamides is 1. The second-order valence-corrected chi connectivity index (χ2v) is 10.2. The molecule has 7 nitrogen and oxygen atoms in total. The predicted molar refractivity (Wildman–Crippen MR) is 116 cm³/mol. The fraction of sp³-hybridized carbons (Fsp3) is 0.238. The Kier molecular flexibility index (Phi) is 3.83. The molecule has 2 aromatic heterocycles. The molecule has 1 N–H and O–H groups in total. The molecule has 30 heavy (non-hydrogen) atoms. The van der Waals surface area contributed by atoms with Gasteiger partial charge in [0.15, 0.2) is 0 Å². The molecule has 0 bridgehead atoms. The number of aromatic nitrogens is 3. The van der Waals surface area contributed by atoms with E-state index in [1.807, 2.05) is 12.1 Å². The van der Waals surface area contributed by atoms with Gasteiger partial charge in [-0.1, -0.05) is 18.2 Å². The van der Waals surface area contributed by atoms with Crippen molar-refractivity contribution in [3.8, 4) is 5.69 Å². The molecule has 0 radical (unpaired) electrons. The number of nitrogens with one attached hydrogen (secondary N) is 1. The maximum atomic E-state index is 13.4. The summed E-state index contributed by atoms with van der Waals surface area (Å²) in [5, 5.41) is 3.73. The van der Waals surface area contributed by atoms with Gasteiger partial charge < -0.3 is 9.88 Å². The Hall–Kier alpha value is -2.75. The third kappa shape index (κ3) is 2.49. The molecule has 2 aliphatic rings. The first-order valence-corrected chi connectivity index (χ1v) is 12.0. The van der Waals surface area contributed by atoms with Crippen molar-refractivity contribution in [2.24, 2.45) is 0 Å². The molecule has 4 heterocycles. The number of benzene rings is 2. The van der Waals surface area contributed by atoms with E-state index in [1.165, 1.54) is 5.69 Å². The summed E-state index contributed by atoms with van der Waals surface area (Å²) in [6.45, 7) is 0.882. The highest BCUT2D eigenvalue weighted by Gasteiger charge is 2.44. The highest BCUT2D eigenvalue weighted by atomic mass is 32.2. The molecule has 2 aromatic carbocycles. The molecule has 0 aliphatic carbocycles. The highest BCUT2D eigenvalue weighted by Crippen LogP contribution is 2.44. The SMILES string of the molecule is O=S(=O)(c1cccc2nsnc12)N1CCC2(CC1)Nc1ccccc1-n1cccc12. The second-order valence-electron chi connectivity index (χ2n) is 7.78. The van der Waals surface area contributed by atoms with Crippen LogP contribution in [0.5, 0.6) is 0 Å². The lowest BCUT2D eigenvalue weighted by Crippen LogP contribution is -2.51. The van der Waals surface area contributed by atoms with Crippen molar-refractivity contribution in [2.45, 2.75) is 23.3 Å². The van der Waals surface area contributed by atoms with Crippen molar-refractivity contribution >= 4 is 38.5 Å². The van der Waals surface area contributed by atoms with Gasteiger partial charge in [0.25, 0.3) is 0 Å². The molecular weight excluding hydrogens is 418 g/mol. The summed E-state index contributed by atoms with van der Waals surface area (Å²) in [5.41, 5.74) is 4.19. The molecule has 0 atom stereocenters. The molecule has 9 heteroatoms. The maximum Gasteiger partial charge on any atom is 0.245 e. The smallest absolute Gasteiger partial charge is 0.245 e. The lowest BCUT2D eigenvalue weighted by atomic mass is 9.83. The number of fused-ring (bicyclic) bond motifs is 5. The van der Waals surface area contributed by atoms with Crippen LogP contribution in [0, 0.1) is 0 Å². The largest absolute Gasteiger partial charge is 0.372 e. The summed E-state index contributed by atoms with van der Waals surface area (Å²) in [4.78, 5) is 0.245. The number of rotatable bonds is 2. The van der Waals surface area contributed by atoms with Gasteiger partial charge in [-0.25, -0.2) is 8.42 Å². The van der Waals surface area contributed by atoms with Crippen LogP contribution in [0.25, 0.3) is 16.7 Å². The van der Waals surface area contributed by atoms with Gasteiger partial charge >= 0.3 is 0 Å². The molecule has 1 spiro atoms. The van der Waals surface area contributed by atoms with Gasteiger partial charge in [0.05, 0.1) is 28.6 Å². The van der Waals surface area contributed by atoms with Crippen molar-refractivity contribution in [1.82, 2.24) is 17.6 Å². The van der Waals surface area contributed by atoms with Crippen LogP contribution in [0.15, 0.2) is 65.7 Å². The number of hydrogen-bond acceptors (Lipinski definition) is 6. The summed E-state index contributed by atoms with van der Waals surface area (Å²) in [6.07, 6.45) is 3.46. The Morgan fingerprint density at radius 3 is 2.67 bits per heavy atom. The molecule has 1 saturated heterocycles. The van der Waals surface area contributed by atoms with Gasteiger partial charge in [0, 0.05) is 25.0 Å². The van der Waals surface area contributed by atoms with Crippen LogP contribution in [0.3, 0.4) is 0 Å². The zero-order chi connectivity index (χ0) is 20.3. The van der Waals surface area contributed by atoms with Gasteiger partial charge in [-0.3, -0.25) is 0 Å². The van der Waals surface area contributed by atoms with E-state index < -0.39 is 10.0 Å². The Morgan fingerprint density at radius 1 is 0.967 bits per heavy atom. The van der Waals surface area contributed by atoms with Gasteiger partial charge in [-0.2, -0.15) is 13.1 Å². The average molecular weight is 438 g/mol. The second kappa shape index (κ2) is 6.37. The number of para-hydroxylation sites is 2. The van der Waals surface area contributed by atoms with Crippen LogP contribution in [0.1, 0.15) is 18.5 Å². The number of piperidine rings is 1. The van der Waals surface area contributed by atoms with Crippen molar-refractivity contribution in [3.05, 3.63) is 66.5 Å². The lowest BCUT2D eigenvalue weighted by molar-refractivity contribution is 0.247. The van der Waals surface area contributed by atoms with Crippen LogP contribution < -0.4 is 5.32 Å². The molecule has 2 aliphatic heterocycles. The first kappa shape index (κ1) is 18.1. The van der Waals surface area contributed by atoms with E-state index in [0.29, 0.717) is 37.0 Å². The minimum Gasteiger partial charge on any atom is -0.372 e. The third-order valence-electron chi connectivity index (χ3n) is 6.22. The minimum absolute atomic E-state index is 0.245. The fourth-order valence-corrected chi connectivity index (χ4v) is 6.90. The molecule has 0 saturated carbocycles. The zero-order valence-electron chi connectivity index (χ0n) is 16.0. The van der Waals surface area contributed by atoms with E-state index in [4.69, 9.17) is 0 Å². The van der Waals surface area contributed by atoms with Crippen LogP contribution in [-0.4, -0.2) is 39.1 Å². The molecule has 6 rings (SSSR count). The highest BCUT2D eigenvalue weighted by molar-refractivity contribution is 7.89. The Bertz CT molecular complexity index is 1370. The van der Waals surface area contributed by atoms with Gasteiger partial charge in [-0.05, 0) is 49.2 Å². The standard InChI is InChI=1S/C21H19N5O2S2/c27-30(28,18-8-3-6-16-20(18)24-29-23-16)25-13-10-21(11-14-25)19-9-4-12-26(19)17-7-2-1-5-15(17)22-21/h1-9,12,22H,10-11,13-14H2. The Morgan fingerprint density at radius 2 is 1.80 bits per heavy atom. The summed E-state index contributed by atoms with van der Waals surface area (Å²) in [5.74, 6) is 0. The van der Waals surface area contributed by atoms with Gasteiger partial charge in [-0.15, -0.1) is 0 Å². The first-order valence-electron chi connectivity index (χ1n) is 9.85. The molecule has 1 fully saturated rings. The zero-order valence-corrected chi connectivity index (χ0v) is 17.7. The fourth-order valence-electron chi connectivity index (χ4n) is 4.71. The maximum absolute atomic E-state index is 13.4. The minimum atomic E-state index is -3.64. The van der Waals surface area contributed by atoms with E-state index in [2.05, 4.69) is 49.1 Å². The normalized spacial score (nSPS) is 18.1. The Labute approximate surface area is 178 Å².